The number of benzene rings is 1. The zero-order chi connectivity index (χ0) is 18.6. The van der Waals surface area contributed by atoms with Crippen molar-refractivity contribution in [2.75, 3.05) is 5.43 Å². The van der Waals surface area contributed by atoms with Crippen LogP contribution in [0.5, 0.6) is 0 Å². The molecule has 3 heterocycles. The summed E-state index contributed by atoms with van der Waals surface area (Å²) in [6.45, 7) is 0. The predicted molar refractivity (Wildman–Crippen MR) is 97.7 cm³/mol. The summed E-state index contributed by atoms with van der Waals surface area (Å²) in [5.74, 6) is -0.0710. The van der Waals surface area contributed by atoms with Crippen LogP contribution in [0.4, 0.5) is 6.01 Å². The number of hydrogen-bond acceptors (Lipinski definition) is 7. The molecule has 0 saturated carbocycles. The van der Waals surface area contributed by atoms with Gasteiger partial charge in [0.25, 0.3) is 5.91 Å². The van der Waals surface area contributed by atoms with Gasteiger partial charge in [-0.05, 0) is 30.3 Å². The average molecular weight is 382 g/mol. The van der Waals surface area contributed by atoms with Crippen LogP contribution in [0, 0.1) is 0 Å². The fourth-order valence-corrected chi connectivity index (χ4v) is 2.49. The number of anilines is 1. The van der Waals surface area contributed by atoms with Crippen LogP contribution in [0.3, 0.4) is 0 Å². The van der Waals surface area contributed by atoms with Crippen molar-refractivity contribution >= 4 is 23.5 Å². The van der Waals surface area contributed by atoms with Gasteiger partial charge in [-0.1, -0.05) is 28.9 Å². The van der Waals surface area contributed by atoms with E-state index in [4.69, 9.17) is 16.1 Å². The van der Waals surface area contributed by atoms with Gasteiger partial charge in [0.05, 0.1) is 5.69 Å². The molecular weight excluding hydrogens is 370 g/mol. The van der Waals surface area contributed by atoms with Crippen LogP contribution in [0.2, 0.25) is 5.02 Å². The molecule has 0 aliphatic rings. The number of hydrazine groups is 1. The number of nitrogens with zero attached hydrogens (tertiary/aromatic N) is 4. The molecule has 4 rings (SSSR count). The van der Waals surface area contributed by atoms with Gasteiger partial charge in [0.1, 0.15) is 5.69 Å². The van der Waals surface area contributed by atoms with Gasteiger partial charge in [0.2, 0.25) is 5.82 Å². The standard InChI is InChI=1S/C17H12ClN7O2/c18-12-3-1-2-11(8-12)13-9-14(22-21-13)16(26)23-24-17-20-15(25-27-17)10-4-6-19-7-5-10/h1-9H,(H,21,22)(H,23,26)(H,20,24,25). The first-order valence-electron chi connectivity index (χ1n) is 7.81. The summed E-state index contributed by atoms with van der Waals surface area (Å²) < 4.78 is 5.05. The Morgan fingerprint density at radius 1 is 1.11 bits per heavy atom. The number of rotatable bonds is 5. The Hall–Kier alpha value is -3.72. The summed E-state index contributed by atoms with van der Waals surface area (Å²) in [4.78, 5) is 20.3. The normalized spacial score (nSPS) is 10.6. The molecule has 0 aliphatic carbocycles. The van der Waals surface area contributed by atoms with E-state index < -0.39 is 5.91 Å². The van der Waals surface area contributed by atoms with E-state index in [0.717, 1.165) is 11.1 Å². The first kappa shape index (κ1) is 16.7. The number of hydrogen-bond donors (Lipinski definition) is 3. The molecule has 0 saturated heterocycles. The van der Waals surface area contributed by atoms with Crippen molar-refractivity contribution in [3.63, 3.8) is 0 Å². The average Bonchev–Trinajstić information content (AvgIpc) is 3.37. The van der Waals surface area contributed by atoms with Crippen molar-refractivity contribution in [2.24, 2.45) is 0 Å². The number of H-pyrrole nitrogens is 1. The van der Waals surface area contributed by atoms with Gasteiger partial charge in [-0.3, -0.25) is 20.3 Å². The van der Waals surface area contributed by atoms with E-state index in [1.54, 1.807) is 42.7 Å². The summed E-state index contributed by atoms with van der Waals surface area (Å²) in [6.07, 6.45) is 3.24. The summed E-state index contributed by atoms with van der Waals surface area (Å²) >= 11 is 5.97. The highest BCUT2D eigenvalue weighted by Crippen LogP contribution is 2.21. The van der Waals surface area contributed by atoms with Gasteiger partial charge < -0.3 is 4.52 Å². The third-order valence-electron chi connectivity index (χ3n) is 3.59. The second kappa shape index (κ2) is 7.26. The van der Waals surface area contributed by atoms with Crippen LogP contribution in [-0.4, -0.2) is 31.2 Å². The van der Waals surface area contributed by atoms with Crippen LogP contribution in [0.25, 0.3) is 22.6 Å². The maximum atomic E-state index is 12.2. The zero-order valence-electron chi connectivity index (χ0n) is 13.7. The molecule has 0 atom stereocenters. The monoisotopic (exact) mass is 381 g/mol. The smallest absolute Gasteiger partial charge is 0.313 e. The number of halogens is 1. The van der Waals surface area contributed by atoms with Crippen LogP contribution in [0.1, 0.15) is 10.5 Å². The summed E-state index contributed by atoms with van der Waals surface area (Å²) in [6, 6.07) is 12.3. The maximum Gasteiger partial charge on any atom is 0.340 e. The summed E-state index contributed by atoms with van der Waals surface area (Å²) in [7, 11) is 0. The molecule has 0 spiro atoms. The molecule has 10 heteroatoms. The largest absolute Gasteiger partial charge is 0.340 e. The van der Waals surface area contributed by atoms with E-state index in [-0.39, 0.29) is 11.7 Å². The first-order chi connectivity index (χ1) is 13.2. The first-order valence-corrected chi connectivity index (χ1v) is 8.18. The highest BCUT2D eigenvalue weighted by Gasteiger charge is 2.13. The van der Waals surface area contributed by atoms with Gasteiger partial charge in [0.15, 0.2) is 0 Å². The Bertz CT molecular complexity index is 1080. The predicted octanol–water partition coefficient (Wildman–Crippen LogP) is 2.93. The van der Waals surface area contributed by atoms with E-state index in [2.05, 4.69) is 36.2 Å². The van der Waals surface area contributed by atoms with Crippen LogP contribution in [-0.2, 0) is 0 Å². The van der Waals surface area contributed by atoms with E-state index in [9.17, 15) is 4.79 Å². The number of carbonyl (C=O) groups excluding carboxylic acids is 1. The Morgan fingerprint density at radius 3 is 2.78 bits per heavy atom. The lowest BCUT2D eigenvalue weighted by atomic mass is 10.1. The van der Waals surface area contributed by atoms with Crippen molar-refractivity contribution < 1.29 is 9.32 Å². The maximum absolute atomic E-state index is 12.2. The number of pyridine rings is 1. The second-order valence-corrected chi connectivity index (χ2v) is 5.85. The Morgan fingerprint density at radius 2 is 1.96 bits per heavy atom. The molecule has 0 fully saturated rings. The van der Waals surface area contributed by atoms with Crippen molar-refractivity contribution in [1.29, 1.82) is 0 Å². The molecular formula is C17H12ClN7O2. The molecule has 3 aromatic heterocycles. The van der Waals surface area contributed by atoms with Gasteiger partial charge >= 0.3 is 6.01 Å². The molecule has 1 amide bonds. The Labute approximate surface area is 157 Å². The lowest BCUT2D eigenvalue weighted by Gasteiger charge is -2.01. The highest BCUT2D eigenvalue weighted by molar-refractivity contribution is 6.30. The van der Waals surface area contributed by atoms with Gasteiger partial charge in [-0.2, -0.15) is 10.1 Å². The topological polar surface area (TPSA) is 122 Å². The fourth-order valence-electron chi connectivity index (χ4n) is 2.30. The molecule has 9 nitrogen and oxygen atoms in total. The summed E-state index contributed by atoms with van der Waals surface area (Å²) in [5, 5.41) is 11.2. The number of aromatic amines is 1. The lowest BCUT2D eigenvalue weighted by molar-refractivity contribution is 0.0956. The van der Waals surface area contributed by atoms with Crippen LogP contribution >= 0.6 is 11.6 Å². The zero-order valence-corrected chi connectivity index (χ0v) is 14.4. The third-order valence-corrected chi connectivity index (χ3v) is 3.83. The van der Waals surface area contributed by atoms with Crippen LogP contribution in [0.15, 0.2) is 59.4 Å². The van der Waals surface area contributed by atoms with Crippen LogP contribution < -0.4 is 10.9 Å². The minimum Gasteiger partial charge on any atom is -0.313 e. The lowest BCUT2D eigenvalue weighted by Crippen LogP contribution is -2.29. The second-order valence-electron chi connectivity index (χ2n) is 5.42. The highest BCUT2D eigenvalue weighted by atomic mass is 35.5. The van der Waals surface area contributed by atoms with E-state index in [1.165, 1.54) is 0 Å². The minimum absolute atomic E-state index is 0.0461. The fraction of sp³-hybridized carbons (Fsp3) is 0. The van der Waals surface area contributed by atoms with E-state index in [1.807, 2.05) is 12.1 Å². The van der Waals surface area contributed by atoms with Crippen molar-refractivity contribution in [1.82, 2.24) is 30.7 Å². The SMILES string of the molecule is O=C(NNc1nc(-c2ccncc2)no1)c1cc(-c2cccc(Cl)c2)n[nH]1. The Kier molecular flexibility index (Phi) is 4.50. The van der Waals surface area contributed by atoms with Crippen molar-refractivity contribution in [3.8, 4) is 22.6 Å². The molecule has 0 unspecified atom stereocenters. The number of carbonyl (C=O) groups is 1. The molecule has 1 aromatic carbocycles. The number of aromatic nitrogens is 5. The minimum atomic E-state index is -0.445. The molecule has 27 heavy (non-hydrogen) atoms. The molecule has 0 radical (unpaired) electrons. The molecule has 0 aliphatic heterocycles. The van der Waals surface area contributed by atoms with Crippen molar-refractivity contribution in [3.05, 3.63) is 65.6 Å². The quantitative estimate of drug-likeness (QED) is 0.454. The van der Waals surface area contributed by atoms with E-state index in [0.29, 0.717) is 16.5 Å². The number of amides is 1. The molecule has 134 valence electrons. The van der Waals surface area contributed by atoms with E-state index >= 15 is 0 Å². The molecule has 0 bridgehead atoms. The molecule has 4 aromatic rings. The van der Waals surface area contributed by atoms with Gasteiger partial charge in [-0.25, -0.2) is 5.43 Å². The summed E-state index contributed by atoms with van der Waals surface area (Å²) in [5.41, 5.74) is 7.42. The van der Waals surface area contributed by atoms with Gasteiger partial charge in [-0.15, -0.1) is 0 Å². The van der Waals surface area contributed by atoms with Gasteiger partial charge in [0, 0.05) is 28.5 Å². The number of nitrogens with one attached hydrogen (secondary N) is 3. The Balaban J connectivity index is 1.41. The third kappa shape index (κ3) is 3.77. The molecule has 3 N–H and O–H groups in total. The van der Waals surface area contributed by atoms with Crippen molar-refractivity contribution in [2.45, 2.75) is 0 Å².